The van der Waals surface area contributed by atoms with E-state index >= 15 is 0 Å². The lowest BCUT2D eigenvalue weighted by molar-refractivity contribution is -0.142. The summed E-state index contributed by atoms with van der Waals surface area (Å²) in [6, 6.07) is 16.6. The maximum atomic E-state index is 13.2. The zero-order valence-electron chi connectivity index (χ0n) is 19.0. The van der Waals surface area contributed by atoms with Gasteiger partial charge in [-0.25, -0.2) is 0 Å². The Hall–Kier alpha value is -3.02. The number of ether oxygens (including phenoxy) is 2. The monoisotopic (exact) mass is 426 g/mol. The van der Waals surface area contributed by atoms with E-state index in [0.29, 0.717) is 43.3 Å². The van der Waals surface area contributed by atoms with Crippen molar-refractivity contribution in [3.05, 3.63) is 60.2 Å². The van der Waals surface area contributed by atoms with Gasteiger partial charge >= 0.3 is 0 Å². The summed E-state index contributed by atoms with van der Waals surface area (Å²) in [5.41, 5.74) is 1.11. The Labute approximate surface area is 185 Å². The molecule has 0 spiro atoms. The highest BCUT2D eigenvalue weighted by atomic mass is 16.5. The van der Waals surface area contributed by atoms with Gasteiger partial charge in [0.25, 0.3) is 5.91 Å². The van der Waals surface area contributed by atoms with E-state index in [1.54, 1.807) is 24.1 Å². The molecule has 2 aromatic rings. The smallest absolute Gasteiger partial charge is 0.261 e. The van der Waals surface area contributed by atoms with Gasteiger partial charge in [0.1, 0.15) is 6.04 Å². The van der Waals surface area contributed by atoms with Crippen LogP contribution in [0.5, 0.6) is 11.5 Å². The molecule has 2 amide bonds. The lowest BCUT2D eigenvalue weighted by Crippen LogP contribution is -2.51. The van der Waals surface area contributed by atoms with E-state index in [1.165, 1.54) is 0 Å². The number of carbonyl (C=O) groups is 2. The summed E-state index contributed by atoms with van der Waals surface area (Å²) >= 11 is 0. The molecule has 0 aromatic heterocycles. The zero-order valence-corrected chi connectivity index (χ0v) is 19.0. The highest BCUT2D eigenvalue weighted by molar-refractivity contribution is 5.88. The van der Waals surface area contributed by atoms with Crippen LogP contribution in [-0.4, -0.2) is 49.6 Å². The molecular formula is C25H34N2O4. The van der Waals surface area contributed by atoms with Crippen LogP contribution < -0.4 is 14.8 Å². The molecule has 6 nitrogen and oxygen atoms in total. The Morgan fingerprint density at radius 3 is 2.26 bits per heavy atom. The normalized spacial score (nSPS) is 11.6. The van der Waals surface area contributed by atoms with Gasteiger partial charge in [0, 0.05) is 13.1 Å². The maximum absolute atomic E-state index is 13.2. The molecular weight excluding hydrogens is 392 g/mol. The number of benzene rings is 2. The first kappa shape index (κ1) is 24.3. The third kappa shape index (κ3) is 7.63. The number of hydrogen-bond acceptors (Lipinski definition) is 4. The summed E-state index contributed by atoms with van der Waals surface area (Å²) in [4.78, 5) is 27.6. The van der Waals surface area contributed by atoms with Crippen molar-refractivity contribution >= 4 is 11.8 Å². The van der Waals surface area contributed by atoms with Crippen LogP contribution in [0.4, 0.5) is 0 Å². The van der Waals surface area contributed by atoms with Gasteiger partial charge in [0.2, 0.25) is 5.91 Å². The number of para-hydroxylation sites is 2. The summed E-state index contributed by atoms with van der Waals surface area (Å²) in [6.07, 6.45) is 1.19. The van der Waals surface area contributed by atoms with Gasteiger partial charge in [-0.3, -0.25) is 9.59 Å². The molecule has 1 N–H and O–H groups in total. The molecule has 0 aliphatic heterocycles. The molecule has 0 unspecified atom stereocenters. The second-order valence-corrected chi connectivity index (χ2v) is 7.83. The topological polar surface area (TPSA) is 67.9 Å². The summed E-state index contributed by atoms with van der Waals surface area (Å²) < 4.78 is 11.0. The van der Waals surface area contributed by atoms with Crippen LogP contribution in [0.2, 0.25) is 0 Å². The first-order chi connectivity index (χ1) is 15.0. The van der Waals surface area contributed by atoms with Crippen molar-refractivity contribution in [2.75, 3.05) is 26.8 Å². The second kappa shape index (κ2) is 12.6. The molecule has 0 saturated heterocycles. The van der Waals surface area contributed by atoms with Gasteiger partial charge in [0.05, 0.1) is 7.11 Å². The highest BCUT2D eigenvalue weighted by Crippen LogP contribution is 2.25. The van der Waals surface area contributed by atoms with Crippen LogP contribution in [0.15, 0.2) is 54.6 Å². The van der Waals surface area contributed by atoms with Crippen LogP contribution in [0, 0.1) is 5.92 Å². The number of carbonyl (C=O) groups excluding carboxylic acids is 2. The first-order valence-corrected chi connectivity index (χ1v) is 10.8. The summed E-state index contributed by atoms with van der Waals surface area (Å²) in [7, 11) is 1.56. The number of methoxy groups -OCH3 is 1. The quantitative estimate of drug-likeness (QED) is 0.562. The summed E-state index contributed by atoms with van der Waals surface area (Å²) in [5.74, 6) is 1.04. The predicted octanol–water partition coefficient (Wildman–Crippen LogP) is 3.70. The molecule has 0 heterocycles. The van der Waals surface area contributed by atoms with Crippen LogP contribution in [0.3, 0.4) is 0 Å². The molecule has 1 atom stereocenters. The van der Waals surface area contributed by atoms with Crippen LogP contribution in [0.1, 0.15) is 32.8 Å². The number of hydrogen-bond donors (Lipinski definition) is 1. The van der Waals surface area contributed by atoms with Gasteiger partial charge in [-0.05, 0) is 36.5 Å². The zero-order chi connectivity index (χ0) is 22.6. The fourth-order valence-corrected chi connectivity index (χ4v) is 3.28. The highest BCUT2D eigenvalue weighted by Gasteiger charge is 2.28. The van der Waals surface area contributed by atoms with Crippen molar-refractivity contribution in [3.8, 4) is 11.5 Å². The SMILES string of the molecule is CC[C@@H](C(=O)NCC(C)C)N(CCc1ccccc1)C(=O)COc1ccccc1OC. The Balaban J connectivity index is 2.14. The fourth-order valence-electron chi connectivity index (χ4n) is 3.28. The first-order valence-electron chi connectivity index (χ1n) is 10.8. The van der Waals surface area contributed by atoms with Crippen molar-refractivity contribution in [3.63, 3.8) is 0 Å². The predicted molar refractivity (Wildman–Crippen MR) is 122 cm³/mol. The minimum absolute atomic E-state index is 0.130. The number of rotatable bonds is 12. The van der Waals surface area contributed by atoms with Crippen molar-refractivity contribution < 1.29 is 19.1 Å². The second-order valence-electron chi connectivity index (χ2n) is 7.83. The third-order valence-corrected chi connectivity index (χ3v) is 4.97. The number of nitrogens with zero attached hydrogens (tertiary/aromatic N) is 1. The van der Waals surface area contributed by atoms with E-state index in [2.05, 4.69) is 5.32 Å². The average Bonchev–Trinajstić information content (AvgIpc) is 2.79. The molecule has 6 heteroatoms. The van der Waals surface area contributed by atoms with Gasteiger partial charge in [-0.15, -0.1) is 0 Å². The average molecular weight is 427 g/mol. The summed E-state index contributed by atoms with van der Waals surface area (Å²) in [5, 5.41) is 2.97. The lowest BCUT2D eigenvalue weighted by atomic mass is 10.1. The molecule has 168 valence electrons. The van der Waals surface area contributed by atoms with E-state index in [0.717, 1.165) is 5.56 Å². The van der Waals surface area contributed by atoms with Gasteiger partial charge < -0.3 is 19.7 Å². The number of nitrogens with one attached hydrogen (secondary N) is 1. The molecule has 0 radical (unpaired) electrons. The van der Waals surface area contributed by atoms with E-state index in [-0.39, 0.29) is 18.4 Å². The Morgan fingerprint density at radius 2 is 1.65 bits per heavy atom. The fraction of sp³-hybridized carbons (Fsp3) is 0.440. The van der Waals surface area contributed by atoms with E-state index in [1.807, 2.05) is 63.2 Å². The molecule has 0 bridgehead atoms. The van der Waals surface area contributed by atoms with Gasteiger partial charge in [-0.2, -0.15) is 0 Å². The minimum atomic E-state index is -0.545. The van der Waals surface area contributed by atoms with E-state index in [4.69, 9.17) is 9.47 Å². The standard InChI is InChI=1S/C25H34N2O4/c1-5-21(25(29)26-17-19(2)3)27(16-15-20-11-7-6-8-12-20)24(28)18-31-23-14-10-9-13-22(23)30-4/h6-14,19,21H,5,15-18H2,1-4H3,(H,26,29)/t21-/m0/s1. The largest absolute Gasteiger partial charge is 0.493 e. The number of amides is 2. The van der Waals surface area contributed by atoms with Crippen molar-refractivity contribution in [2.45, 2.75) is 39.7 Å². The summed E-state index contributed by atoms with van der Waals surface area (Å²) in [6.45, 7) is 6.85. The van der Waals surface area contributed by atoms with Crippen LogP contribution >= 0.6 is 0 Å². The molecule has 2 rings (SSSR count). The Morgan fingerprint density at radius 1 is 1.00 bits per heavy atom. The van der Waals surface area contributed by atoms with Gasteiger partial charge in [-0.1, -0.05) is 63.2 Å². The van der Waals surface area contributed by atoms with Crippen molar-refractivity contribution in [2.24, 2.45) is 5.92 Å². The van der Waals surface area contributed by atoms with Crippen molar-refractivity contribution in [1.82, 2.24) is 10.2 Å². The maximum Gasteiger partial charge on any atom is 0.261 e. The third-order valence-electron chi connectivity index (χ3n) is 4.97. The minimum Gasteiger partial charge on any atom is -0.493 e. The van der Waals surface area contributed by atoms with E-state index < -0.39 is 6.04 Å². The van der Waals surface area contributed by atoms with Crippen molar-refractivity contribution in [1.29, 1.82) is 0 Å². The molecule has 0 saturated carbocycles. The van der Waals surface area contributed by atoms with E-state index in [9.17, 15) is 9.59 Å². The Bertz CT molecular complexity index is 823. The van der Waals surface area contributed by atoms with Gasteiger partial charge in [0.15, 0.2) is 18.1 Å². The van der Waals surface area contributed by atoms with Crippen LogP contribution in [-0.2, 0) is 16.0 Å². The lowest BCUT2D eigenvalue weighted by Gasteiger charge is -2.30. The molecule has 2 aromatic carbocycles. The molecule has 0 aliphatic carbocycles. The molecule has 0 fully saturated rings. The van der Waals surface area contributed by atoms with Crippen LogP contribution in [0.25, 0.3) is 0 Å². The Kier molecular flexibility index (Phi) is 9.88. The molecule has 0 aliphatic rings. The molecule has 31 heavy (non-hydrogen) atoms.